The van der Waals surface area contributed by atoms with E-state index in [1.54, 1.807) is 19.2 Å². The van der Waals surface area contributed by atoms with E-state index in [0.717, 1.165) is 36.2 Å². The van der Waals surface area contributed by atoms with Crippen LogP contribution in [0.4, 0.5) is 4.39 Å². The zero-order chi connectivity index (χ0) is 20.9. The van der Waals surface area contributed by atoms with Crippen LogP contribution in [0.25, 0.3) is 10.9 Å². The average molecular weight is 423 g/mol. The van der Waals surface area contributed by atoms with Crippen LogP contribution in [-0.2, 0) is 19.5 Å². The number of ether oxygens (including phenoxy) is 1. The van der Waals surface area contributed by atoms with E-state index in [-0.39, 0.29) is 5.82 Å². The fraction of sp³-hybridized carbons (Fsp3) is 0.200. The fourth-order valence-corrected chi connectivity index (χ4v) is 4.03. The molecule has 0 bridgehead atoms. The van der Waals surface area contributed by atoms with Gasteiger partial charge in [0.1, 0.15) is 11.6 Å². The molecule has 5 heteroatoms. The second kappa shape index (κ2) is 9.33. The van der Waals surface area contributed by atoms with Crippen molar-refractivity contribution in [3.8, 4) is 5.75 Å². The summed E-state index contributed by atoms with van der Waals surface area (Å²) in [7, 11) is 1.70. The van der Waals surface area contributed by atoms with Gasteiger partial charge in [0, 0.05) is 34.2 Å². The third-order valence-corrected chi connectivity index (χ3v) is 5.69. The van der Waals surface area contributed by atoms with E-state index in [0.29, 0.717) is 17.1 Å². The molecular weight excluding hydrogens is 399 g/mol. The van der Waals surface area contributed by atoms with Gasteiger partial charge in [-0.05, 0) is 48.4 Å². The highest BCUT2D eigenvalue weighted by atomic mass is 35.5. The SMILES string of the molecule is COc1ccccc1CCNCc1cn(Cc2c(F)cccc2Cl)c2ccccc12. The van der Waals surface area contributed by atoms with Gasteiger partial charge in [-0.1, -0.05) is 54.1 Å². The first-order valence-electron chi connectivity index (χ1n) is 9.99. The standard InChI is InChI=1S/C25H24ClFN2O/c1-30-25-12-5-2-7-18(25)13-14-28-15-19-16-29(24-11-4-3-8-20(19)24)17-21-22(26)9-6-10-23(21)27/h2-12,16,28H,13-15,17H2,1H3. The molecule has 0 radical (unpaired) electrons. The largest absolute Gasteiger partial charge is 0.496 e. The highest BCUT2D eigenvalue weighted by Crippen LogP contribution is 2.26. The minimum absolute atomic E-state index is 0.281. The first-order valence-corrected chi connectivity index (χ1v) is 10.4. The van der Waals surface area contributed by atoms with E-state index in [4.69, 9.17) is 16.3 Å². The van der Waals surface area contributed by atoms with Crippen molar-refractivity contribution in [1.29, 1.82) is 0 Å². The first kappa shape index (κ1) is 20.5. The van der Waals surface area contributed by atoms with E-state index in [2.05, 4.69) is 34.3 Å². The monoisotopic (exact) mass is 422 g/mol. The lowest BCUT2D eigenvalue weighted by Crippen LogP contribution is -2.16. The molecule has 0 aliphatic carbocycles. The summed E-state index contributed by atoms with van der Waals surface area (Å²) in [6, 6.07) is 21.1. The molecule has 0 unspecified atom stereocenters. The van der Waals surface area contributed by atoms with E-state index < -0.39 is 0 Å². The van der Waals surface area contributed by atoms with Gasteiger partial charge in [0.2, 0.25) is 0 Å². The number of benzene rings is 3. The number of fused-ring (bicyclic) bond motifs is 1. The second-order valence-electron chi connectivity index (χ2n) is 7.24. The molecule has 4 aromatic rings. The van der Waals surface area contributed by atoms with Crippen LogP contribution in [0, 0.1) is 5.82 Å². The quantitative estimate of drug-likeness (QED) is 0.362. The Kier molecular flexibility index (Phi) is 6.36. The van der Waals surface area contributed by atoms with E-state index in [9.17, 15) is 4.39 Å². The topological polar surface area (TPSA) is 26.2 Å². The highest BCUT2D eigenvalue weighted by Gasteiger charge is 2.12. The number of nitrogens with zero attached hydrogens (tertiary/aromatic N) is 1. The third-order valence-electron chi connectivity index (χ3n) is 5.34. The number of aromatic nitrogens is 1. The number of rotatable bonds is 8. The van der Waals surface area contributed by atoms with Crippen molar-refractivity contribution >= 4 is 22.5 Å². The van der Waals surface area contributed by atoms with Crippen molar-refractivity contribution in [3.05, 3.63) is 100 Å². The molecule has 0 atom stereocenters. The number of hydrogen-bond acceptors (Lipinski definition) is 2. The van der Waals surface area contributed by atoms with Gasteiger partial charge in [0.05, 0.1) is 13.7 Å². The fourth-order valence-electron chi connectivity index (χ4n) is 3.80. The molecule has 3 nitrogen and oxygen atoms in total. The molecule has 0 aliphatic heterocycles. The smallest absolute Gasteiger partial charge is 0.129 e. The van der Waals surface area contributed by atoms with Gasteiger partial charge in [-0.3, -0.25) is 0 Å². The van der Waals surface area contributed by atoms with Gasteiger partial charge < -0.3 is 14.6 Å². The molecule has 0 spiro atoms. The lowest BCUT2D eigenvalue weighted by Gasteiger charge is -2.09. The van der Waals surface area contributed by atoms with Crippen molar-refractivity contribution in [3.63, 3.8) is 0 Å². The molecule has 3 aromatic carbocycles. The average Bonchev–Trinajstić information content (AvgIpc) is 3.12. The summed E-state index contributed by atoms with van der Waals surface area (Å²) in [6.45, 7) is 1.96. The Morgan fingerprint density at radius 1 is 0.967 bits per heavy atom. The van der Waals surface area contributed by atoms with Crippen LogP contribution in [0.2, 0.25) is 5.02 Å². The van der Waals surface area contributed by atoms with Gasteiger partial charge in [0.15, 0.2) is 0 Å². The number of methoxy groups -OCH3 is 1. The zero-order valence-corrected chi connectivity index (χ0v) is 17.6. The molecular formula is C25H24ClFN2O. The Hall–Kier alpha value is -2.82. The lowest BCUT2D eigenvalue weighted by molar-refractivity contribution is 0.409. The molecule has 0 amide bonds. The van der Waals surface area contributed by atoms with Crippen LogP contribution in [-0.4, -0.2) is 18.2 Å². The van der Waals surface area contributed by atoms with Crippen LogP contribution < -0.4 is 10.1 Å². The number of halogens is 2. The maximum atomic E-state index is 14.3. The van der Waals surface area contributed by atoms with Crippen LogP contribution in [0.5, 0.6) is 5.75 Å². The van der Waals surface area contributed by atoms with E-state index in [1.165, 1.54) is 17.2 Å². The predicted octanol–water partition coefficient (Wildman–Crippen LogP) is 5.82. The minimum atomic E-state index is -0.281. The molecule has 1 aromatic heterocycles. The summed E-state index contributed by atoms with van der Waals surface area (Å²) in [5, 5.41) is 5.13. The summed E-state index contributed by atoms with van der Waals surface area (Å²) in [6.07, 6.45) is 2.97. The van der Waals surface area contributed by atoms with E-state index in [1.807, 2.05) is 30.3 Å². The van der Waals surface area contributed by atoms with Crippen molar-refractivity contribution in [2.45, 2.75) is 19.5 Å². The Balaban J connectivity index is 1.50. The highest BCUT2D eigenvalue weighted by molar-refractivity contribution is 6.31. The summed E-state index contributed by atoms with van der Waals surface area (Å²) < 4.78 is 21.8. The summed E-state index contributed by atoms with van der Waals surface area (Å²) in [5.74, 6) is 0.634. The van der Waals surface area contributed by atoms with Crippen molar-refractivity contribution in [2.75, 3.05) is 13.7 Å². The van der Waals surface area contributed by atoms with Gasteiger partial charge in [-0.15, -0.1) is 0 Å². The van der Waals surface area contributed by atoms with Crippen molar-refractivity contribution in [2.24, 2.45) is 0 Å². The molecule has 1 N–H and O–H groups in total. The first-order chi connectivity index (χ1) is 14.7. The summed E-state index contributed by atoms with van der Waals surface area (Å²) in [4.78, 5) is 0. The van der Waals surface area contributed by atoms with Gasteiger partial charge in [-0.25, -0.2) is 4.39 Å². The maximum absolute atomic E-state index is 14.3. The van der Waals surface area contributed by atoms with Gasteiger partial charge in [-0.2, -0.15) is 0 Å². The van der Waals surface area contributed by atoms with Gasteiger partial charge in [0.25, 0.3) is 0 Å². The number of nitrogens with one attached hydrogen (secondary N) is 1. The zero-order valence-electron chi connectivity index (χ0n) is 16.9. The van der Waals surface area contributed by atoms with Crippen LogP contribution >= 0.6 is 11.6 Å². The van der Waals surface area contributed by atoms with Crippen molar-refractivity contribution in [1.82, 2.24) is 9.88 Å². The minimum Gasteiger partial charge on any atom is -0.496 e. The Labute approximate surface area is 181 Å². The van der Waals surface area contributed by atoms with Crippen LogP contribution in [0.3, 0.4) is 0 Å². The van der Waals surface area contributed by atoms with Gasteiger partial charge >= 0.3 is 0 Å². The molecule has 0 aliphatic rings. The summed E-state index contributed by atoms with van der Waals surface area (Å²) in [5.41, 5.74) is 3.94. The second-order valence-corrected chi connectivity index (χ2v) is 7.65. The normalized spacial score (nSPS) is 11.2. The Bertz CT molecular complexity index is 1130. The molecule has 30 heavy (non-hydrogen) atoms. The molecule has 0 saturated carbocycles. The third kappa shape index (κ3) is 4.35. The molecule has 1 heterocycles. The molecule has 4 rings (SSSR count). The predicted molar refractivity (Wildman–Crippen MR) is 121 cm³/mol. The molecule has 0 saturated heterocycles. The van der Waals surface area contributed by atoms with Crippen LogP contribution in [0.1, 0.15) is 16.7 Å². The number of para-hydroxylation sites is 2. The number of hydrogen-bond donors (Lipinski definition) is 1. The lowest BCUT2D eigenvalue weighted by atomic mass is 10.1. The van der Waals surface area contributed by atoms with E-state index >= 15 is 0 Å². The van der Waals surface area contributed by atoms with Crippen molar-refractivity contribution < 1.29 is 9.13 Å². The summed E-state index contributed by atoms with van der Waals surface area (Å²) >= 11 is 6.25. The van der Waals surface area contributed by atoms with Crippen LogP contribution in [0.15, 0.2) is 72.9 Å². The Morgan fingerprint density at radius 2 is 1.77 bits per heavy atom. The molecule has 0 fully saturated rings. The molecule has 154 valence electrons. The Morgan fingerprint density at radius 3 is 2.60 bits per heavy atom. The maximum Gasteiger partial charge on any atom is 0.129 e.